The third-order valence-electron chi connectivity index (χ3n) is 2.08. The molecule has 0 N–H and O–H groups in total. The van der Waals surface area contributed by atoms with Crippen LogP contribution in [-0.4, -0.2) is 31.4 Å². The molecular weight excluding hydrogens is 267 g/mol. The Hall–Kier alpha value is -0.710. The molecule has 0 radical (unpaired) electrons. The molecule has 0 aromatic heterocycles. The highest BCUT2D eigenvalue weighted by Gasteiger charge is 2.37. The molecular formula is C11H16F3NO2S. The summed E-state index contributed by atoms with van der Waals surface area (Å²) in [5.41, 5.74) is -1.35. The molecule has 0 amide bonds. The molecule has 0 aliphatic carbocycles. The molecule has 0 saturated heterocycles. The van der Waals surface area contributed by atoms with Gasteiger partial charge in [-0.1, -0.05) is 0 Å². The highest BCUT2D eigenvalue weighted by atomic mass is 32.1. The fraction of sp³-hybridized carbons (Fsp3) is 0.727. The predicted octanol–water partition coefficient (Wildman–Crippen LogP) is 3.09. The zero-order valence-corrected chi connectivity index (χ0v) is 11.1. The van der Waals surface area contributed by atoms with E-state index in [0.29, 0.717) is 0 Å². The molecule has 0 heterocycles. The first kappa shape index (κ1) is 17.3. The van der Waals surface area contributed by atoms with Crippen LogP contribution >= 0.6 is 12.6 Å². The number of halogens is 3. The van der Waals surface area contributed by atoms with E-state index in [0.717, 1.165) is 0 Å². The van der Waals surface area contributed by atoms with Gasteiger partial charge in [0, 0.05) is 31.0 Å². The number of nitrogens with zero attached hydrogens (tertiary/aromatic N) is 1. The molecule has 104 valence electrons. The summed E-state index contributed by atoms with van der Waals surface area (Å²) < 4.78 is 48.6. The zero-order valence-electron chi connectivity index (χ0n) is 10.3. The third kappa shape index (κ3) is 5.76. The van der Waals surface area contributed by atoms with Gasteiger partial charge in [0.25, 0.3) is 0 Å². The Labute approximate surface area is 110 Å². The van der Waals surface area contributed by atoms with Crippen LogP contribution in [0.25, 0.3) is 0 Å². The van der Waals surface area contributed by atoms with E-state index in [1.54, 1.807) is 13.8 Å². The third-order valence-corrected chi connectivity index (χ3v) is 2.39. The number of hydrogen-bond donors (Lipinski definition) is 1. The van der Waals surface area contributed by atoms with E-state index in [2.05, 4.69) is 12.6 Å². The van der Waals surface area contributed by atoms with Crippen LogP contribution in [0.1, 0.15) is 20.3 Å². The molecule has 0 fully saturated rings. The van der Waals surface area contributed by atoms with E-state index in [4.69, 9.17) is 14.7 Å². The summed E-state index contributed by atoms with van der Waals surface area (Å²) in [6.45, 7) is 3.79. The molecule has 0 bridgehead atoms. The van der Waals surface area contributed by atoms with E-state index in [-0.39, 0.29) is 19.0 Å². The number of rotatable bonds is 7. The van der Waals surface area contributed by atoms with Crippen LogP contribution in [0.5, 0.6) is 0 Å². The first-order chi connectivity index (χ1) is 8.40. The Bertz CT molecular complexity index is 317. The number of thiol groups is 1. The van der Waals surface area contributed by atoms with Gasteiger partial charge < -0.3 is 9.47 Å². The van der Waals surface area contributed by atoms with Crippen molar-refractivity contribution in [2.45, 2.75) is 32.7 Å². The SMILES string of the molecule is CCOC(CC(=C(C#N)CS)C(F)(F)F)OCC. The quantitative estimate of drug-likeness (QED) is 0.443. The first-order valence-corrected chi connectivity index (χ1v) is 6.07. The summed E-state index contributed by atoms with van der Waals surface area (Å²) in [5, 5.41) is 8.69. The molecule has 3 nitrogen and oxygen atoms in total. The second-order valence-corrected chi connectivity index (χ2v) is 3.59. The molecule has 0 aliphatic rings. The summed E-state index contributed by atoms with van der Waals surface area (Å²) in [5.74, 6) is -0.268. The lowest BCUT2D eigenvalue weighted by Gasteiger charge is -2.21. The fourth-order valence-electron chi connectivity index (χ4n) is 1.31. The lowest BCUT2D eigenvalue weighted by molar-refractivity contribution is -0.150. The number of ether oxygens (including phenoxy) is 2. The molecule has 0 unspecified atom stereocenters. The predicted molar refractivity (Wildman–Crippen MR) is 64.2 cm³/mol. The molecule has 0 saturated carbocycles. The topological polar surface area (TPSA) is 42.2 Å². The van der Waals surface area contributed by atoms with Gasteiger partial charge in [-0.2, -0.15) is 31.1 Å². The highest BCUT2D eigenvalue weighted by molar-refractivity contribution is 7.80. The monoisotopic (exact) mass is 283 g/mol. The number of alkyl halides is 3. The Balaban J connectivity index is 5.12. The van der Waals surface area contributed by atoms with Crippen LogP contribution in [0.3, 0.4) is 0 Å². The van der Waals surface area contributed by atoms with Gasteiger partial charge >= 0.3 is 6.18 Å². The van der Waals surface area contributed by atoms with E-state index >= 15 is 0 Å². The average Bonchev–Trinajstić information content (AvgIpc) is 2.28. The maximum atomic E-state index is 12.8. The Morgan fingerprint density at radius 2 is 1.78 bits per heavy atom. The summed E-state index contributed by atoms with van der Waals surface area (Å²) >= 11 is 3.73. The summed E-state index contributed by atoms with van der Waals surface area (Å²) in [6.07, 6.45) is -6.09. The van der Waals surface area contributed by atoms with Crippen molar-refractivity contribution < 1.29 is 22.6 Å². The average molecular weight is 283 g/mol. The van der Waals surface area contributed by atoms with Gasteiger partial charge in [0.1, 0.15) is 0 Å². The zero-order chi connectivity index (χ0) is 14.2. The maximum absolute atomic E-state index is 12.8. The molecule has 7 heteroatoms. The van der Waals surface area contributed by atoms with Gasteiger partial charge in [-0.25, -0.2) is 0 Å². The highest BCUT2D eigenvalue weighted by Crippen LogP contribution is 2.32. The molecule has 0 aromatic rings. The number of hydrogen-bond acceptors (Lipinski definition) is 4. The van der Waals surface area contributed by atoms with Crippen molar-refractivity contribution in [3.05, 3.63) is 11.1 Å². The van der Waals surface area contributed by atoms with E-state index in [9.17, 15) is 13.2 Å². The minimum atomic E-state index is -4.58. The normalized spacial score (nSPS) is 13.4. The van der Waals surface area contributed by atoms with Crippen LogP contribution in [0.15, 0.2) is 11.1 Å². The number of nitriles is 1. The van der Waals surface area contributed by atoms with Crippen molar-refractivity contribution in [2.24, 2.45) is 0 Å². The lowest BCUT2D eigenvalue weighted by Crippen LogP contribution is -2.24. The first-order valence-electron chi connectivity index (χ1n) is 5.44. The smallest absolute Gasteiger partial charge is 0.353 e. The minimum Gasteiger partial charge on any atom is -0.353 e. The standard InChI is InChI=1S/C11H16F3NO2S/c1-3-16-10(17-4-2)5-9(11(12,13)14)8(6-15)7-18/h10,18H,3-5,7H2,1-2H3. The fourth-order valence-corrected chi connectivity index (χ4v) is 1.57. The van der Waals surface area contributed by atoms with Gasteiger partial charge in [-0.15, -0.1) is 0 Å². The molecule has 0 aliphatic heterocycles. The van der Waals surface area contributed by atoms with Crippen LogP contribution in [0.2, 0.25) is 0 Å². The van der Waals surface area contributed by atoms with Crippen molar-refractivity contribution in [3.8, 4) is 6.07 Å². The Morgan fingerprint density at radius 1 is 1.28 bits per heavy atom. The largest absolute Gasteiger partial charge is 0.413 e. The lowest BCUT2D eigenvalue weighted by atomic mass is 10.1. The second-order valence-electron chi connectivity index (χ2n) is 3.27. The molecule has 0 atom stereocenters. The van der Waals surface area contributed by atoms with E-state index in [1.165, 1.54) is 6.07 Å². The van der Waals surface area contributed by atoms with Gasteiger partial charge in [-0.3, -0.25) is 0 Å². The van der Waals surface area contributed by atoms with E-state index < -0.39 is 30.0 Å². The molecule has 0 aromatic carbocycles. The van der Waals surface area contributed by atoms with Crippen molar-refractivity contribution in [1.82, 2.24) is 0 Å². The molecule has 0 spiro atoms. The van der Waals surface area contributed by atoms with Crippen LogP contribution in [0, 0.1) is 11.3 Å². The van der Waals surface area contributed by atoms with Crippen LogP contribution in [-0.2, 0) is 9.47 Å². The Morgan fingerprint density at radius 3 is 2.06 bits per heavy atom. The van der Waals surface area contributed by atoms with Crippen molar-refractivity contribution in [1.29, 1.82) is 5.26 Å². The van der Waals surface area contributed by atoms with Gasteiger partial charge in [0.15, 0.2) is 6.29 Å². The van der Waals surface area contributed by atoms with Crippen molar-refractivity contribution in [2.75, 3.05) is 19.0 Å². The van der Waals surface area contributed by atoms with Gasteiger partial charge in [0.05, 0.1) is 11.6 Å². The van der Waals surface area contributed by atoms with E-state index in [1.807, 2.05) is 0 Å². The second kappa shape index (κ2) is 8.40. The summed E-state index contributed by atoms with van der Waals surface area (Å²) in [7, 11) is 0. The van der Waals surface area contributed by atoms with Crippen LogP contribution in [0.4, 0.5) is 13.2 Å². The maximum Gasteiger partial charge on any atom is 0.413 e. The van der Waals surface area contributed by atoms with Gasteiger partial charge in [-0.05, 0) is 13.8 Å². The molecule has 18 heavy (non-hydrogen) atoms. The van der Waals surface area contributed by atoms with Crippen molar-refractivity contribution >= 4 is 12.6 Å². The van der Waals surface area contributed by atoms with Crippen molar-refractivity contribution in [3.63, 3.8) is 0 Å². The summed E-state index contributed by atoms with van der Waals surface area (Å²) in [6, 6.07) is 1.52. The minimum absolute atomic E-state index is 0.235. The molecule has 0 rings (SSSR count). The van der Waals surface area contributed by atoms with Crippen LogP contribution < -0.4 is 0 Å². The van der Waals surface area contributed by atoms with Gasteiger partial charge in [0.2, 0.25) is 0 Å². The Kier molecular flexibility index (Phi) is 8.07. The summed E-state index contributed by atoms with van der Waals surface area (Å²) in [4.78, 5) is 0.